The average molecular weight is 271 g/mol. The molecule has 0 fully saturated rings. The van der Waals surface area contributed by atoms with E-state index in [9.17, 15) is 4.39 Å². The van der Waals surface area contributed by atoms with E-state index in [4.69, 9.17) is 0 Å². The van der Waals surface area contributed by atoms with Crippen LogP contribution in [0.5, 0.6) is 0 Å². The van der Waals surface area contributed by atoms with Crippen LogP contribution in [0.1, 0.15) is 17.1 Å². The monoisotopic (exact) mass is 271 g/mol. The molecule has 0 bridgehead atoms. The van der Waals surface area contributed by atoms with Gasteiger partial charge in [-0.15, -0.1) is 5.10 Å². The highest BCUT2D eigenvalue weighted by molar-refractivity contribution is 5.45. The first-order valence-electron chi connectivity index (χ1n) is 6.31. The first-order chi connectivity index (χ1) is 9.61. The number of hydrogen-bond acceptors (Lipinski definition) is 4. The summed E-state index contributed by atoms with van der Waals surface area (Å²) in [6.07, 6.45) is 0. The molecule has 20 heavy (non-hydrogen) atoms. The van der Waals surface area contributed by atoms with Gasteiger partial charge >= 0.3 is 0 Å². The van der Waals surface area contributed by atoms with Gasteiger partial charge in [-0.1, -0.05) is 12.1 Å². The predicted molar refractivity (Wildman–Crippen MR) is 74.0 cm³/mol. The molecule has 2 heterocycles. The fourth-order valence-electron chi connectivity index (χ4n) is 2.01. The Bertz CT molecular complexity index is 748. The van der Waals surface area contributed by atoms with Gasteiger partial charge in [-0.05, 0) is 31.5 Å². The van der Waals surface area contributed by atoms with Gasteiger partial charge in [0.2, 0.25) is 0 Å². The first-order valence-corrected chi connectivity index (χ1v) is 6.31. The van der Waals surface area contributed by atoms with Crippen LogP contribution in [-0.2, 0) is 6.54 Å². The molecule has 0 saturated heterocycles. The Kier molecular flexibility index (Phi) is 3.06. The Morgan fingerprint density at radius 1 is 1.15 bits per heavy atom. The van der Waals surface area contributed by atoms with E-state index in [0.717, 1.165) is 17.1 Å². The topological polar surface area (TPSA) is 55.1 Å². The van der Waals surface area contributed by atoms with E-state index in [1.165, 1.54) is 12.1 Å². The Balaban J connectivity index is 1.88. The average Bonchev–Trinajstić information content (AvgIpc) is 2.78. The zero-order valence-electron chi connectivity index (χ0n) is 11.3. The van der Waals surface area contributed by atoms with E-state index in [1.807, 2.05) is 19.9 Å². The molecule has 0 radical (unpaired) electrons. The number of benzene rings is 1. The van der Waals surface area contributed by atoms with Crippen molar-refractivity contribution in [2.24, 2.45) is 0 Å². The molecule has 0 aliphatic carbocycles. The summed E-state index contributed by atoms with van der Waals surface area (Å²) in [7, 11) is 0. The maximum atomic E-state index is 12.9. The van der Waals surface area contributed by atoms with Crippen molar-refractivity contribution in [1.82, 2.24) is 19.6 Å². The van der Waals surface area contributed by atoms with Crippen molar-refractivity contribution < 1.29 is 4.39 Å². The molecule has 0 aliphatic rings. The third-order valence-corrected chi connectivity index (χ3v) is 2.93. The van der Waals surface area contributed by atoms with Crippen molar-refractivity contribution in [3.63, 3.8) is 0 Å². The van der Waals surface area contributed by atoms with Crippen molar-refractivity contribution >= 4 is 11.6 Å². The highest BCUT2D eigenvalue weighted by Gasteiger charge is 2.07. The Labute approximate surface area is 115 Å². The van der Waals surface area contributed by atoms with Crippen LogP contribution in [0.15, 0.2) is 30.3 Å². The Hall–Kier alpha value is -2.50. The number of anilines is 1. The summed E-state index contributed by atoms with van der Waals surface area (Å²) in [5.74, 6) is 1.83. The van der Waals surface area contributed by atoms with Gasteiger partial charge in [0.1, 0.15) is 17.5 Å². The van der Waals surface area contributed by atoms with E-state index < -0.39 is 0 Å². The van der Waals surface area contributed by atoms with E-state index in [2.05, 4.69) is 20.4 Å². The van der Waals surface area contributed by atoms with Crippen LogP contribution in [0.3, 0.4) is 0 Å². The quantitative estimate of drug-likeness (QED) is 0.795. The summed E-state index contributed by atoms with van der Waals surface area (Å²) in [5.41, 5.74) is 1.86. The van der Waals surface area contributed by atoms with Crippen LogP contribution >= 0.6 is 0 Å². The second-order valence-electron chi connectivity index (χ2n) is 4.63. The second kappa shape index (κ2) is 4.88. The zero-order chi connectivity index (χ0) is 14.1. The van der Waals surface area contributed by atoms with E-state index in [-0.39, 0.29) is 5.82 Å². The third kappa shape index (κ3) is 2.45. The zero-order valence-corrected chi connectivity index (χ0v) is 11.3. The standard InChI is InChI=1S/C14H14FN5/c1-9-7-13(20-14(17-9)18-10(2)19-20)16-8-11-3-5-12(15)6-4-11/h3-7,16H,8H2,1-2H3. The lowest BCUT2D eigenvalue weighted by Gasteiger charge is -2.08. The van der Waals surface area contributed by atoms with Crippen LogP contribution in [0.2, 0.25) is 0 Å². The molecule has 0 spiro atoms. The highest BCUT2D eigenvalue weighted by atomic mass is 19.1. The molecule has 2 aromatic heterocycles. The second-order valence-corrected chi connectivity index (χ2v) is 4.63. The fraction of sp³-hybridized carbons (Fsp3) is 0.214. The molecule has 1 N–H and O–H groups in total. The molecule has 6 heteroatoms. The van der Waals surface area contributed by atoms with Gasteiger partial charge in [-0.25, -0.2) is 9.37 Å². The molecule has 0 unspecified atom stereocenters. The van der Waals surface area contributed by atoms with Gasteiger partial charge < -0.3 is 5.32 Å². The Morgan fingerprint density at radius 3 is 2.65 bits per heavy atom. The summed E-state index contributed by atoms with van der Waals surface area (Å²) >= 11 is 0. The van der Waals surface area contributed by atoms with Gasteiger partial charge in [0, 0.05) is 18.3 Å². The largest absolute Gasteiger partial charge is 0.366 e. The fourth-order valence-corrected chi connectivity index (χ4v) is 2.01. The molecule has 3 rings (SSSR count). The number of nitrogens with one attached hydrogen (secondary N) is 1. The molecule has 0 saturated carbocycles. The number of fused-ring (bicyclic) bond motifs is 1. The summed E-state index contributed by atoms with van der Waals surface area (Å²) < 4.78 is 14.5. The van der Waals surface area contributed by atoms with Crippen LogP contribution in [-0.4, -0.2) is 19.6 Å². The predicted octanol–water partition coefficient (Wildman–Crippen LogP) is 2.49. The molecule has 1 aromatic carbocycles. The SMILES string of the molecule is Cc1cc(NCc2ccc(F)cc2)n2nc(C)nc2n1. The van der Waals surface area contributed by atoms with Crippen molar-refractivity contribution in [3.05, 3.63) is 53.2 Å². The van der Waals surface area contributed by atoms with E-state index in [1.54, 1.807) is 16.6 Å². The lowest BCUT2D eigenvalue weighted by Crippen LogP contribution is -2.07. The number of aryl methyl sites for hydroxylation is 2. The van der Waals surface area contributed by atoms with Crippen molar-refractivity contribution in [1.29, 1.82) is 0 Å². The molecule has 3 aromatic rings. The van der Waals surface area contributed by atoms with Crippen LogP contribution in [0.25, 0.3) is 5.78 Å². The molecule has 102 valence electrons. The Morgan fingerprint density at radius 2 is 1.90 bits per heavy atom. The summed E-state index contributed by atoms with van der Waals surface area (Å²) in [4.78, 5) is 8.58. The lowest BCUT2D eigenvalue weighted by atomic mass is 10.2. The summed E-state index contributed by atoms with van der Waals surface area (Å²) in [6, 6.07) is 8.30. The minimum Gasteiger partial charge on any atom is -0.366 e. The van der Waals surface area contributed by atoms with Crippen molar-refractivity contribution in [3.8, 4) is 0 Å². The van der Waals surface area contributed by atoms with Gasteiger partial charge in [0.25, 0.3) is 5.78 Å². The third-order valence-electron chi connectivity index (χ3n) is 2.93. The van der Waals surface area contributed by atoms with Crippen molar-refractivity contribution in [2.45, 2.75) is 20.4 Å². The molecular formula is C14H14FN5. The van der Waals surface area contributed by atoms with Crippen molar-refractivity contribution in [2.75, 3.05) is 5.32 Å². The normalized spacial score (nSPS) is 10.9. The van der Waals surface area contributed by atoms with E-state index >= 15 is 0 Å². The smallest absolute Gasteiger partial charge is 0.254 e. The van der Waals surface area contributed by atoms with Crippen LogP contribution in [0.4, 0.5) is 10.2 Å². The van der Waals surface area contributed by atoms with Gasteiger partial charge in [-0.3, -0.25) is 0 Å². The number of hydrogen-bond donors (Lipinski definition) is 1. The number of halogens is 1. The molecule has 0 aliphatic heterocycles. The minimum absolute atomic E-state index is 0.234. The number of nitrogens with zero attached hydrogens (tertiary/aromatic N) is 4. The maximum Gasteiger partial charge on any atom is 0.254 e. The van der Waals surface area contributed by atoms with Gasteiger partial charge in [0.05, 0.1) is 0 Å². The van der Waals surface area contributed by atoms with Gasteiger partial charge in [0.15, 0.2) is 0 Å². The van der Waals surface area contributed by atoms with Gasteiger partial charge in [-0.2, -0.15) is 9.50 Å². The molecule has 5 nitrogen and oxygen atoms in total. The van der Waals surface area contributed by atoms with E-state index in [0.29, 0.717) is 18.1 Å². The number of aromatic nitrogens is 4. The minimum atomic E-state index is -0.234. The molecule has 0 atom stereocenters. The lowest BCUT2D eigenvalue weighted by molar-refractivity contribution is 0.627. The maximum absolute atomic E-state index is 12.9. The molecule has 0 amide bonds. The first kappa shape index (κ1) is 12.5. The van der Waals surface area contributed by atoms with Crippen LogP contribution < -0.4 is 5.32 Å². The highest BCUT2D eigenvalue weighted by Crippen LogP contribution is 2.13. The molecular weight excluding hydrogens is 257 g/mol. The number of rotatable bonds is 3. The summed E-state index contributed by atoms with van der Waals surface area (Å²) in [6.45, 7) is 4.32. The van der Waals surface area contributed by atoms with Crippen LogP contribution in [0, 0.1) is 19.7 Å². The summed E-state index contributed by atoms with van der Waals surface area (Å²) in [5, 5.41) is 7.58.